The molecule has 3 aromatic rings. The molecule has 0 bridgehead atoms. The van der Waals surface area contributed by atoms with Gasteiger partial charge in [-0.15, -0.1) is 0 Å². The average molecular weight is 344 g/mol. The molecule has 0 aliphatic rings. The van der Waals surface area contributed by atoms with Gasteiger partial charge in [-0.3, -0.25) is 0 Å². The quantitative estimate of drug-likeness (QED) is 0.492. The van der Waals surface area contributed by atoms with Gasteiger partial charge in [-0.25, -0.2) is 0 Å². The van der Waals surface area contributed by atoms with Gasteiger partial charge in [0.15, 0.2) is 0 Å². The van der Waals surface area contributed by atoms with Crippen molar-refractivity contribution in [3.8, 4) is 22.3 Å². The topological polar surface area (TPSA) is 40.5 Å². The van der Waals surface area contributed by atoms with Crippen LogP contribution < -0.4 is 5.46 Å². The Bertz CT molecular complexity index is 827. The summed E-state index contributed by atoms with van der Waals surface area (Å²) in [5.74, 6) is 0. The van der Waals surface area contributed by atoms with Gasteiger partial charge in [-0.2, -0.15) is 0 Å². The summed E-state index contributed by atoms with van der Waals surface area (Å²) in [6.07, 6.45) is 4.41. The summed E-state index contributed by atoms with van der Waals surface area (Å²) in [5, 5.41) is 19.0. The summed E-state index contributed by atoms with van der Waals surface area (Å²) in [6.45, 7) is 2.19. The molecule has 0 saturated heterocycles. The van der Waals surface area contributed by atoms with Crippen LogP contribution in [-0.4, -0.2) is 17.2 Å². The lowest BCUT2D eigenvalue weighted by atomic mass is 9.77. The molecule has 0 heterocycles. The van der Waals surface area contributed by atoms with Gasteiger partial charge in [0.05, 0.1) is 0 Å². The van der Waals surface area contributed by atoms with Crippen molar-refractivity contribution < 1.29 is 10.0 Å². The third-order valence-corrected chi connectivity index (χ3v) is 4.78. The smallest absolute Gasteiger partial charge is 0.423 e. The van der Waals surface area contributed by atoms with E-state index in [9.17, 15) is 10.0 Å². The first-order valence-corrected chi connectivity index (χ1v) is 9.34. The highest BCUT2D eigenvalue weighted by Crippen LogP contribution is 2.28. The number of benzene rings is 3. The zero-order chi connectivity index (χ0) is 18.4. The van der Waals surface area contributed by atoms with E-state index in [1.165, 1.54) is 35.1 Å². The molecule has 3 rings (SSSR count). The van der Waals surface area contributed by atoms with E-state index in [2.05, 4.69) is 43.3 Å². The van der Waals surface area contributed by atoms with Gasteiger partial charge in [-0.05, 0) is 46.1 Å². The maximum Gasteiger partial charge on any atom is 0.488 e. The third kappa shape index (κ3) is 4.43. The van der Waals surface area contributed by atoms with Crippen molar-refractivity contribution in [1.82, 2.24) is 0 Å². The van der Waals surface area contributed by atoms with Gasteiger partial charge in [-0.1, -0.05) is 92.6 Å². The predicted octanol–water partition coefficient (Wildman–Crippen LogP) is 4.43. The Kier molecular flexibility index (Phi) is 6.27. The predicted molar refractivity (Wildman–Crippen MR) is 110 cm³/mol. The summed E-state index contributed by atoms with van der Waals surface area (Å²) in [4.78, 5) is 0. The normalized spacial score (nSPS) is 10.7. The van der Waals surface area contributed by atoms with Crippen LogP contribution in [0.15, 0.2) is 72.8 Å². The lowest BCUT2D eigenvalue weighted by Crippen LogP contribution is -2.30. The summed E-state index contributed by atoms with van der Waals surface area (Å²) < 4.78 is 0. The van der Waals surface area contributed by atoms with Gasteiger partial charge in [0, 0.05) is 0 Å². The maximum atomic E-state index is 9.50. The number of rotatable bonds is 7. The van der Waals surface area contributed by atoms with E-state index in [-0.39, 0.29) is 0 Å². The van der Waals surface area contributed by atoms with Crippen LogP contribution in [0.1, 0.15) is 31.7 Å². The molecule has 3 aromatic carbocycles. The van der Waals surface area contributed by atoms with Crippen LogP contribution >= 0.6 is 0 Å². The first kappa shape index (κ1) is 18.4. The zero-order valence-electron chi connectivity index (χ0n) is 15.2. The lowest BCUT2D eigenvalue weighted by Gasteiger charge is -2.13. The van der Waals surface area contributed by atoms with Gasteiger partial charge in [0.2, 0.25) is 0 Å². The SMILES string of the molecule is CCCCCc1cc(B(O)O)ccc1-c1ccc(-c2ccccc2)cc1. The largest absolute Gasteiger partial charge is 0.488 e. The highest BCUT2D eigenvalue weighted by molar-refractivity contribution is 6.58. The second-order valence-electron chi connectivity index (χ2n) is 6.69. The van der Waals surface area contributed by atoms with Gasteiger partial charge < -0.3 is 10.0 Å². The Morgan fingerprint density at radius 2 is 1.38 bits per heavy atom. The van der Waals surface area contributed by atoms with Crippen LogP contribution in [0.3, 0.4) is 0 Å². The van der Waals surface area contributed by atoms with E-state index in [1.807, 2.05) is 30.3 Å². The Labute approximate surface area is 156 Å². The highest BCUT2D eigenvalue weighted by Gasteiger charge is 2.14. The molecule has 2 N–H and O–H groups in total. The monoisotopic (exact) mass is 344 g/mol. The van der Waals surface area contributed by atoms with Crippen molar-refractivity contribution in [1.29, 1.82) is 0 Å². The molecule has 0 aliphatic carbocycles. The fourth-order valence-electron chi connectivity index (χ4n) is 3.30. The molecular weight excluding hydrogens is 319 g/mol. The number of aryl methyl sites for hydroxylation is 1. The minimum Gasteiger partial charge on any atom is -0.423 e. The lowest BCUT2D eigenvalue weighted by molar-refractivity contribution is 0.425. The molecular formula is C23H25BO2. The molecule has 0 amide bonds. The summed E-state index contributed by atoms with van der Waals surface area (Å²) in [5.41, 5.74) is 6.48. The Balaban J connectivity index is 1.91. The van der Waals surface area contributed by atoms with Crippen LogP contribution in [0.2, 0.25) is 0 Å². The van der Waals surface area contributed by atoms with E-state index in [4.69, 9.17) is 0 Å². The Morgan fingerprint density at radius 3 is 2.04 bits per heavy atom. The standard InChI is InChI=1S/C23H25BO2/c1-2-3-5-10-21-17-22(24(25)26)15-16-23(21)20-13-11-19(12-14-20)18-8-6-4-7-9-18/h4,6-9,11-17,25-26H,2-3,5,10H2,1H3. The van der Waals surface area contributed by atoms with Crippen LogP contribution in [0, 0.1) is 0 Å². The van der Waals surface area contributed by atoms with Crippen molar-refractivity contribution >= 4 is 12.6 Å². The highest BCUT2D eigenvalue weighted by atomic mass is 16.4. The van der Waals surface area contributed by atoms with E-state index < -0.39 is 7.12 Å². The van der Waals surface area contributed by atoms with E-state index in [0.717, 1.165) is 18.4 Å². The molecule has 0 fully saturated rings. The molecule has 0 atom stereocenters. The van der Waals surface area contributed by atoms with Crippen molar-refractivity contribution in [2.75, 3.05) is 0 Å². The van der Waals surface area contributed by atoms with Crippen LogP contribution in [0.25, 0.3) is 22.3 Å². The molecule has 26 heavy (non-hydrogen) atoms. The second-order valence-corrected chi connectivity index (χ2v) is 6.69. The summed E-state index contributed by atoms with van der Waals surface area (Å²) in [7, 11) is -1.42. The minimum atomic E-state index is -1.42. The number of hydrogen-bond donors (Lipinski definition) is 2. The van der Waals surface area contributed by atoms with Gasteiger partial charge in [0.25, 0.3) is 0 Å². The molecule has 132 valence electrons. The molecule has 3 heteroatoms. The first-order chi connectivity index (χ1) is 12.7. The minimum absolute atomic E-state index is 0.557. The van der Waals surface area contributed by atoms with E-state index in [0.29, 0.717) is 5.46 Å². The Hall–Kier alpha value is -2.36. The van der Waals surface area contributed by atoms with Crippen LogP contribution in [0.5, 0.6) is 0 Å². The summed E-state index contributed by atoms with van der Waals surface area (Å²) >= 11 is 0. The molecule has 0 unspecified atom stereocenters. The maximum absolute atomic E-state index is 9.50. The van der Waals surface area contributed by atoms with E-state index in [1.54, 1.807) is 6.07 Å². The van der Waals surface area contributed by atoms with Crippen molar-refractivity contribution in [2.24, 2.45) is 0 Å². The average Bonchev–Trinajstić information content (AvgIpc) is 2.69. The Morgan fingerprint density at radius 1 is 0.731 bits per heavy atom. The van der Waals surface area contributed by atoms with Crippen molar-refractivity contribution in [2.45, 2.75) is 32.6 Å². The fourth-order valence-corrected chi connectivity index (χ4v) is 3.30. The number of unbranched alkanes of at least 4 members (excludes halogenated alkanes) is 2. The molecule has 0 spiro atoms. The fraction of sp³-hybridized carbons (Fsp3) is 0.217. The molecule has 0 radical (unpaired) electrons. The molecule has 0 aliphatic heterocycles. The summed E-state index contributed by atoms with van der Waals surface area (Å²) in [6, 6.07) is 24.7. The first-order valence-electron chi connectivity index (χ1n) is 9.34. The van der Waals surface area contributed by atoms with Crippen LogP contribution in [-0.2, 0) is 6.42 Å². The number of hydrogen-bond acceptors (Lipinski definition) is 2. The van der Waals surface area contributed by atoms with Gasteiger partial charge in [0.1, 0.15) is 0 Å². The molecule has 2 nitrogen and oxygen atoms in total. The van der Waals surface area contributed by atoms with Crippen molar-refractivity contribution in [3.63, 3.8) is 0 Å². The molecule has 0 saturated carbocycles. The second kappa shape index (κ2) is 8.84. The van der Waals surface area contributed by atoms with E-state index >= 15 is 0 Å². The van der Waals surface area contributed by atoms with Crippen molar-refractivity contribution in [3.05, 3.63) is 78.4 Å². The van der Waals surface area contributed by atoms with Gasteiger partial charge >= 0.3 is 7.12 Å². The zero-order valence-corrected chi connectivity index (χ0v) is 15.2. The molecule has 0 aromatic heterocycles. The third-order valence-electron chi connectivity index (χ3n) is 4.78. The van der Waals surface area contributed by atoms with Crippen LogP contribution in [0.4, 0.5) is 0 Å².